The van der Waals surface area contributed by atoms with Crippen LogP contribution in [0.25, 0.3) is 44.4 Å². The van der Waals surface area contributed by atoms with Gasteiger partial charge in [-0.2, -0.15) is 0 Å². The number of amides is 4. The van der Waals surface area contributed by atoms with Crippen LogP contribution in [0, 0.1) is 5.92 Å². The Morgan fingerprint density at radius 1 is 0.656 bits per heavy atom. The summed E-state index contributed by atoms with van der Waals surface area (Å²) in [7, 11) is 2.55. The van der Waals surface area contributed by atoms with Crippen molar-refractivity contribution in [1.82, 2.24) is 40.4 Å². The van der Waals surface area contributed by atoms with Gasteiger partial charge in [0, 0.05) is 18.7 Å². The highest BCUT2D eigenvalue weighted by Gasteiger charge is 2.39. The first-order valence-electron chi connectivity index (χ1n) is 21.5. The number of methoxy groups -OCH3 is 2. The average Bonchev–Trinajstić information content (AvgIpc) is 4.18. The maximum absolute atomic E-state index is 14.1. The molecule has 2 aromatic heterocycles. The van der Waals surface area contributed by atoms with Gasteiger partial charge >= 0.3 is 12.2 Å². The van der Waals surface area contributed by atoms with Crippen LogP contribution in [-0.4, -0.2) is 93.9 Å². The molecule has 5 heterocycles. The number of rotatable bonds is 11. The third-order valence-electron chi connectivity index (χ3n) is 12.4. The van der Waals surface area contributed by atoms with E-state index >= 15 is 0 Å². The molecule has 0 aliphatic carbocycles. The molecule has 6 aromatic rings. The Morgan fingerprint density at radius 3 is 1.84 bits per heavy atom. The third kappa shape index (κ3) is 8.30. The van der Waals surface area contributed by atoms with E-state index in [1.165, 1.54) is 14.2 Å². The van der Waals surface area contributed by atoms with E-state index in [1.54, 1.807) is 29.3 Å². The Morgan fingerprint density at radius 2 is 1.20 bits per heavy atom. The third-order valence-corrected chi connectivity index (χ3v) is 12.4. The van der Waals surface area contributed by atoms with E-state index in [4.69, 9.17) is 28.9 Å². The number of ether oxygens (including phenoxy) is 4. The zero-order chi connectivity index (χ0) is 44.5. The van der Waals surface area contributed by atoms with Crippen molar-refractivity contribution >= 4 is 34.8 Å². The topological polar surface area (TPSA) is 193 Å². The highest BCUT2D eigenvalue weighted by atomic mass is 16.7. The summed E-state index contributed by atoms with van der Waals surface area (Å²) in [5, 5.41) is 7.58. The number of alkyl carbamates (subject to hydrolysis) is 2. The molecule has 4 N–H and O–H groups in total. The van der Waals surface area contributed by atoms with Crippen molar-refractivity contribution in [3.05, 3.63) is 108 Å². The Labute approximate surface area is 369 Å². The number of hydrogen-bond donors (Lipinski definition) is 4. The molecular weight excluding hydrogens is 817 g/mol. The molecule has 4 aromatic carbocycles. The molecule has 0 saturated carbocycles. The standard InChI is InChI=1S/C48H50N8O8/c1-27(2)41(53-47(59)61-3)45(57)55-19-5-7-37(55)44-50-25-36(52-44)33-16-15-31-21-30(13-14-32(31)22-33)28-9-11-29(12-10-28)35-24-49-43(51-35)38-8-6-20-56(38)46(58)42(54-48(60)62-4)34-17-18-39-40(23-34)64-26-63-39/h9-18,21-25,27,37-38,41-42H,5-8,19-20,26H2,1-4H3,(H,49,51)(H,50,52)(H,53,59)(H,54,60)/t37-,38-,41?,42?/m0/s1. The number of aromatic nitrogens is 4. The first-order chi connectivity index (χ1) is 31.1. The van der Waals surface area contributed by atoms with Crippen molar-refractivity contribution < 1.29 is 38.1 Å². The zero-order valence-electron chi connectivity index (χ0n) is 36.1. The highest BCUT2D eigenvalue weighted by molar-refractivity contribution is 5.91. The second kappa shape index (κ2) is 17.8. The van der Waals surface area contributed by atoms with Gasteiger partial charge in [-0.3, -0.25) is 9.59 Å². The first-order valence-corrected chi connectivity index (χ1v) is 21.5. The van der Waals surface area contributed by atoms with Gasteiger partial charge in [-0.1, -0.05) is 68.4 Å². The molecule has 0 spiro atoms. The summed E-state index contributed by atoms with van der Waals surface area (Å²) in [4.78, 5) is 72.1. The van der Waals surface area contributed by atoms with E-state index in [9.17, 15) is 19.2 Å². The molecule has 3 aliphatic rings. The number of H-pyrrole nitrogens is 2. The summed E-state index contributed by atoms with van der Waals surface area (Å²) in [5.41, 5.74) is 6.32. The fourth-order valence-electron chi connectivity index (χ4n) is 8.97. The summed E-state index contributed by atoms with van der Waals surface area (Å²) in [6, 6.07) is 24.0. The molecule has 0 radical (unpaired) electrons. The van der Waals surface area contributed by atoms with Crippen LogP contribution in [0.3, 0.4) is 0 Å². The Balaban J connectivity index is 0.872. The van der Waals surface area contributed by atoms with E-state index in [1.807, 2.05) is 24.9 Å². The van der Waals surface area contributed by atoms with Crippen LogP contribution in [0.2, 0.25) is 0 Å². The SMILES string of the molecule is COC(=O)NC(C(=O)N1CCC[C@H]1c1ncc(-c2ccc(-c3ccc4cc(-c5cnc([C@@H]6CCCN6C(=O)C(NC(=O)OC)C(C)C)[nH]5)ccc4c3)cc2)[nH]1)c1ccc2c(c1)OCO2. The minimum Gasteiger partial charge on any atom is -0.454 e. The predicted molar refractivity (Wildman–Crippen MR) is 237 cm³/mol. The lowest BCUT2D eigenvalue weighted by Gasteiger charge is -2.30. The maximum atomic E-state index is 14.1. The van der Waals surface area contributed by atoms with Gasteiger partial charge in [-0.05, 0) is 88.9 Å². The van der Waals surface area contributed by atoms with Gasteiger partial charge < -0.3 is 49.3 Å². The quantitative estimate of drug-likeness (QED) is 0.0998. The van der Waals surface area contributed by atoms with Crippen LogP contribution in [0.4, 0.5) is 9.59 Å². The van der Waals surface area contributed by atoms with Crippen molar-refractivity contribution in [2.75, 3.05) is 34.1 Å². The molecule has 64 heavy (non-hydrogen) atoms. The fraction of sp³-hybridized carbons (Fsp3) is 0.333. The van der Waals surface area contributed by atoms with Crippen molar-refractivity contribution in [3.63, 3.8) is 0 Å². The number of nitrogens with one attached hydrogen (secondary N) is 4. The molecule has 16 nitrogen and oxygen atoms in total. The minimum absolute atomic E-state index is 0.0923. The van der Waals surface area contributed by atoms with Gasteiger partial charge in [0.2, 0.25) is 12.7 Å². The summed E-state index contributed by atoms with van der Waals surface area (Å²) in [6.45, 7) is 4.99. The average molecular weight is 867 g/mol. The second-order valence-corrected chi connectivity index (χ2v) is 16.6. The Hall–Kier alpha value is -7.36. The van der Waals surface area contributed by atoms with E-state index in [2.05, 4.69) is 81.3 Å². The van der Waals surface area contributed by atoms with E-state index in [0.717, 1.165) is 75.9 Å². The van der Waals surface area contributed by atoms with Crippen molar-refractivity contribution in [1.29, 1.82) is 0 Å². The lowest BCUT2D eigenvalue weighted by Crippen LogP contribution is -2.51. The molecule has 2 fully saturated rings. The van der Waals surface area contributed by atoms with E-state index < -0.39 is 24.3 Å². The molecule has 330 valence electrons. The number of imidazole rings is 2. The summed E-state index contributed by atoms with van der Waals surface area (Å²) in [6.07, 6.45) is 5.38. The number of benzene rings is 4. The van der Waals surface area contributed by atoms with Crippen molar-refractivity contribution in [2.45, 2.75) is 63.7 Å². The molecule has 2 saturated heterocycles. The molecule has 4 atom stereocenters. The predicted octanol–water partition coefficient (Wildman–Crippen LogP) is 7.82. The first kappa shape index (κ1) is 42.0. The number of carbonyl (C=O) groups is 4. The summed E-state index contributed by atoms with van der Waals surface area (Å²) < 4.78 is 20.6. The van der Waals surface area contributed by atoms with Crippen LogP contribution in [0.1, 0.15) is 74.9 Å². The smallest absolute Gasteiger partial charge is 0.407 e. The highest BCUT2D eigenvalue weighted by Crippen LogP contribution is 2.39. The zero-order valence-corrected chi connectivity index (χ0v) is 36.1. The van der Waals surface area contributed by atoms with Gasteiger partial charge in [-0.25, -0.2) is 19.6 Å². The van der Waals surface area contributed by atoms with Gasteiger partial charge in [0.25, 0.3) is 5.91 Å². The number of nitrogens with zero attached hydrogens (tertiary/aromatic N) is 4. The molecule has 4 amide bonds. The molecular formula is C48H50N8O8. The lowest BCUT2D eigenvalue weighted by atomic mass is 9.98. The van der Waals surface area contributed by atoms with Crippen molar-refractivity contribution in [2.24, 2.45) is 5.92 Å². The number of likely N-dealkylation sites (tertiary alicyclic amines) is 2. The summed E-state index contributed by atoms with van der Waals surface area (Å²) in [5.74, 6) is 1.96. The number of fused-ring (bicyclic) bond motifs is 2. The summed E-state index contributed by atoms with van der Waals surface area (Å²) >= 11 is 0. The number of aromatic amines is 2. The minimum atomic E-state index is -0.997. The fourth-order valence-corrected chi connectivity index (χ4v) is 8.97. The monoisotopic (exact) mass is 866 g/mol. The molecule has 9 rings (SSSR count). The molecule has 3 aliphatic heterocycles. The van der Waals surface area contributed by atoms with Crippen LogP contribution >= 0.6 is 0 Å². The van der Waals surface area contributed by atoms with Gasteiger partial charge in [0.1, 0.15) is 23.7 Å². The van der Waals surface area contributed by atoms with Gasteiger partial charge in [0.05, 0.1) is 50.1 Å². The van der Waals surface area contributed by atoms with Crippen LogP contribution < -0.4 is 20.1 Å². The Kier molecular flexibility index (Phi) is 11.7. The molecule has 2 unspecified atom stereocenters. The maximum Gasteiger partial charge on any atom is 0.407 e. The van der Waals surface area contributed by atoms with Crippen LogP contribution in [-0.2, 0) is 19.1 Å². The normalized spacial score (nSPS) is 17.7. The molecule has 0 bridgehead atoms. The largest absolute Gasteiger partial charge is 0.454 e. The number of hydrogen-bond acceptors (Lipinski definition) is 10. The molecule has 16 heteroatoms. The number of carbonyl (C=O) groups excluding carboxylic acids is 4. The second-order valence-electron chi connectivity index (χ2n) is 16.6. The Bertz CT molecular complexity index is 2710. The van der Waals surface area contributed by atoms with Gasteiger partial charge in [0.15, 0.2) is 11.5 Å². The van der Waals surface area contributed by atoms with Crippen molar-refractivity contribution in [3.8, 4) is 45.1 Å². The van der Waals surface area contributed by atoms with Crippen LogP contribution in [0.15, 0.2) is 91.3 Å². The lowest BCUT2D eigenvalue weighted by molar-refractivity contribution is -0.135. The van der Waals surface area contributed by atoms with Crippen LogP contribution in [0.5, 0.6) is 11.5 Å². The van der Waals surface area contributed by atoms with Gasteiger partial charge in [-0.15, -0.1) is 0 Å². The van der Waals surface area contributed by atoms with E-state index in [0.29, 0.717) is 36.0 Å². The van der Waals surface area contributed by atoms with E-state index in [-0.39, 0.29) is 36.6 Å².